The van der Waals surface area contributed by atoms with Crippen molar-refractivity contribution in [3.63, 3.8) is 0 Å². The van der Waals surface area contributed by atoms with E-state index in [0.717, 1.165) is 11.3 Å². The van der Waals surface area contributed by atoms with Gasteiger partial charge in [0.25, 0.3) is 0 Å². The second-order valence-electron chi connectivity index (χ2n) is 4.65. The Morgan fingerprint density at radius 1 is 1.36 bits per heavy atom. The van der Waals surface area contributed by atoms with E-state index in [1.165, 1.54) is 11.8 Å². The highest BCUT2D eigenvalue weighted by molar-refractivity contribution is 7.99. The van der Waals surface area contributed by atoms with E-state index >= 15 is 0 Å². The van der Waals surface area contributed by atoms with Crippen molar-refractivity contribution in [2.24, 2.45) is 0 Å². The molecule has 2 N–H and O–H groups in total. The van der Waals surface area contributed by atoms with Crippen LogP contribution in [-0.4, -0.2) is 26.8 Å². The Kier molecular flexibility index (Phi) is 4.24. The molecule has 0 aliphatic carbocycles. The average Bonchev–Trinajstić information content (AvgIpc) is 3.16. The van der Waals surface area contributed by atoms with Crippen LogP contribution in [0, 0.1) is 6.92 Å². The number of aromatic amines is 1. The molecule has 0 saturated heterocycles. The number of thioether (sulfide) groups is 1. The van der Waals surface area contributed by atoms with Crippen molar-refractivity contribution in [2.45, 2.75) is 12.1 Å². The van der Waals surface area contributed by atoms with Crippen LogP contribution < -0.4 is 5.32 Å². The van der Waals surface area contributed by atoms with Crippen LogP contribution in [0.2, 0.25) is 0 Å². The Bertz CT molecular complexity index is 767. The molecule has 0 unspecified atom stereocenters. The molecular weight excluding hydrogens is 300 g/mol. The zero-order valence-corrected chi connectivity index (χ0v) is 12.7. The number of benzene rings is 1. The second-order valence-corrected chi connectivity index (χ2v) is 5.59. The summed E-state index contributed by atoms with van der Waals surface area (Å²) >= 11 is 1.26. The van der Waals surface area contributed by atoms with Gasteiger partial charge >= 0.3 is 0 Å². The molecule has 3 aromatic rings. The third-order valence-electron chi connectivity index (χ3n) is 2.85. The first-order valence-electron chi connectivity index (χ1n) is 6.66. The Labute approximate surface area is 131 Å². The summed E-state index contributed by atoms with van der Waals surface area (Å²) in [7, 11) is 0. The lowest BCUT2D eigenvalue weighted by Crippen LogP contribution is -2.14. The first-order chi connectivity index (χ1) is 10.7. The zero-order chi connectivity index (χ0) is 15.4. The summed E-state index contributed by atoms with van der Waals surface area (Å²) in [5.74, 6) is 1.30. The molecule has 0 bridgehead atoms. The van der Waals surface area contributed by atoms with Crippen molar-refractivity contribution in [1.82, 2.24) is 15.2 Å². The molecule has 1 amide bonds. The predicted octanol–water partition coefficient (Wildman–Crippen LogP) is 3.10. The van der Waals surface area contributed by atoms with Gasteiger partial charge in [-0.2, -0.15) is 4.98 Å². The van der Waals surface area contributed by atoms with Crippen LogP contribution in [0.15, 0.2) is 52.2 Å². The monoisotopic (exact) mass is 314 g/mol. The minimum absolute atomic E-state index is 0.0973. The molecule has 0 saturated carbocycles. The van der Waals surface area contributed by atoms with Crippen LogP contribution in [0.1, 0.15) is 5.56 Å². The molecule has 0 aliphatic heterocycles. The van der Waals surface area contributed by atoms with Gasteiger partial charge in [0.15, 0.2) is 11.6 Å². The van der Waals surface area contributed by atoms with Crippen LogP contribution in [0.3, 0.4) is 0 Å². The van der Waals surface area contributed by atoms with Crippen LogP contribution in [0.4, 0.5) is 5.69 Å². The molecule has 2 heterocycles. The number of H-pyrrole nitrogens is 1. The summed E-state index contributed by atoms with van der Waals surface area (Å²) in [5, 5.41) is 10.2. The molecule has 0 aliphatic rings. The van der Waals surface area contributed by atoms with Crippen molar-refractivity contribution >= 4 is 23.4 Å². The van der Waals surface area contributed by atoms with Crippen molar-refractivity contribution < 1.29 is 9.21 Å². The maximum absolute atomic E-state index is 11.9. The quantitative estimate of drug-likeness (QED) is 0.707. The van der Waals surface area contributed by atoms with Gasteiger partial charge in [0.2, 0.25) is 11.1 Å². The molecule has 0 radical (unpaired) electrons. The van der Waals surface area contributed by atoms with Gasteiger partial charge in [0, 0.05) is 5.69 Å². The molecule has 0 spiro atoms. The van der Waals surface area contributed by atoms with Crippen LogP contribution >= 0.6 is 11.8 Å². The Morgan fingerprint density at radius 2 is 2.27 bits per heavy atom. The van der Waals surface area contributed by atoms with Crippen molar-refractivity contribution in [3.05, 3.63) is 48.2 Å². The number of anilines is 1. The number of aromatic nitrogens is 3. The van der Waals surface area contributed by atoms with E-state index in [1.54, 1.807) is 18.4 Å². The van der Waals surface area contributed by atoms with E-state index in [0.29, 0.717) is 16.7 Å². The fourth-order valence-electron chi connectivity index (χ4n) is 1.88. The van der Waals surface area contributed by atoms with E-state index < -0.39 is 0 Å². The van der Waals surface area contributed by atoms with E-state index in [4.69, 9.17) is 4.42 Å². The normalized spacial score (nSPS) is 10.6. The molecule has 112 valence electrons. The molecule has 1 aromatic carbocycles. The van der Waals surface area contributed by atoms with E-state index in [-0.39, 0.29) is 11.7 Å². The Balaban J connectivity index is 1.55. The largest absolute Gasteiger partial charge is 0.461 e. The third-order valence-corrected chi connectivity index (χ3v) is 3.70. The van der Waals surface area contributed by atoms with Gasteiger partial charge in [-0.1, -0.05) is 23.9 Å². The molecule has 2 aromatic heterocycles. The topological polar surface area (TPSA) is 83.8 Å². The molecule has 7 heteroatoms. The molecule has 3 rings (SSSR count). The Morgan fingerprint density at radius 3 is 3.05 bits per heavy atom. The van der Waals surface area contributed by atoms with Crippen molar-refractivity contribution in [1.29, 1.82) is 0 Å². The first kappa shape index (κ1) is 14.4. The van der Waals surface area contributed by atoms with Gasteiger partial charge in [-0.3, -0.25) is 9.89 Å². The lowest BCUT2D eigenvalue weighted by atomic mass is 10.2. The van der Waals surface area contributed by atoms with Gasteiger partial charge in [-0.15, -0.1) is 5.10 Å². The maximum Gasteiger partial charge on any atom is 0.234 e. The van der Waals surface area contributed by atoms with Crippen molar-refractivity contribution in [2.75, 3.05) is 11.1 Å². The van der Waals surface area contributed by atoms with Crippen molar-refractivity contribution in [3.8, 4) is 11.6 Å². The SMILES string of the molecule is Cc1cccc(NC(=O)CSc2n[nH]c(-c3ccco3)n2)c1. The Hall–Kier alpha value is -2.54. The van der Waals surface area contributed by atoms with Crippen LogP contribution in [0.25, 0.3) is 11.6 Å². The van der Waals surface area contributed by atoms with E-state index in [1.807, 2.05) is 31.2 Å². The fraction of sp³-hybridized carbons (Fsp3) is 0.133. The lowest BCUT2D eigenvalue weighted by molar-refractivity contribution is -0.113. The summed E-state index contributed by atoms with van der Waals surface area (Å²) in [5.41, 5.74) is 1.89. The van der Waals surface area contributed by atoms with Crippen LogP contribution in [-0.2, 0) is 4.79 Å². The fourth-order valence-corrected chi connectivity index (χ4v) is 2.48. The number of rotatable bonds is 5. The van der Waals surface area contributed by atoms with E-state index in [2.05, 4.69) is 20.5 Å². The summed E-state index contributed by atoms with van der Waals surface area (Å²) in [6, 6.07) is 11.2. The second kappa shape index (κ2) is 6.48. The lowest BCUT2D eigenvalue weighted by Gasteiger charge is -2.04. The molecule has 22 heavy (non-hydrogen) atoms. The predicted molar refractivity (Wildman–Crippen MR) is 84.6 cm³/mol. The summed E-state index contributed by atoms with van der Waals surface area (Å²) in [6.45, 7) is 1.98. The third kappa shape index (κ3) is 3.56. The number of carbonyl (C=O) groups excluding carboxylic acids is 1. The minimum Gasteiger partial charge on any atom is -0.461 e. The van der Waals surface area contributed by atoms with Gasteiger partial charge < -0.3 is 9.73 Å². The summed E-state index contributed by atoms with van der Waals surface area (Å²) in [4.78, 5) is 16.2. The molecular formula is C15H14N4O2S. The summed E-state index contributed by atoms with van der Waals surface area (Å²) in [6.07, 6.45) is 1.57. The standard InChI is InChI=1S/C15H14N4O2S/c1-10-4-2-5-11(8-10)16-13(20)9-22-15-17-14(18-19-15)12-6-3-7-21-12/h2-8H,9H2,1H3,(H,16,20)(H,17,18,19). The number of nitrogens with zero attached hydrogens (tertiary/aromatic N) is 2. The van der Waals surface area contributed by atoms with Gasteiger partial charge in [0.1, 0.15) is 0 Å². The molecule has 0 atom stereocenters. The number of carbonyl (C=O) groups is 1. The smallest absolute Gasteiger partial charge is 0.234 e. The highest BCUT2D eigenvalue weighted by atomic mass is 32.2. The number of amides is 1. The number of hydrogen-bond acceptors (Lipinski definition) is 5. The van der Waals surface area contributed by atoms with Gasteiger partial charge in [-0.25, -0.2) is 0 Å². The zero-order valence-electron chi connectivity index (χ0n) is 11.9. The molecule has 0 fully saturated rings. The van der Waals surface area contributed by atoms with E-state index in [9.17, 15) is 4.79 Å². The number of furan rings is 1. The maximum atomic E-state index is 11.9. The highest BCUT2D eigenvalue weighted by Crippen LogP contribution is 2.19. The number of nitrogens with one attached hydrogen (secondary N) is 2. The number of aryl methyl sites for hydroxylation is 1. The van der Waals surface area contributed by atoms with Gasteiger partial charge in [0.05, 0.1) is 12.0 Å². The number of hydrogen-bond donors (Lipinski definition) is 2. The average molecular weight is 314 g/mol. The highest BCUT2D eigenvalue weighted by Gasteiger charge is 2.10. The van der Waals surface area contributed by atoms with Gasteiger partial charge in [-0.05, 0) is 36.8 Å². The summed E-state index contributed by atoms with van der Waals surface area (Å²) < 4.78 is 5.23. The minimum atomic E-state index is -0.0973. The van der Waals surface area contributed by atoms with Crippen LogP contribution in [0.5, 0.6) is 0 Å². The molecule has 6 nitrogen and oxygen atoms in total. The first-order valence-corrected chi connectivity index (χ1v) is 7.65.